The van der Waals surface area contributed by atoms with Gasteiger partial charge in [0.25, 0.3) is 11.8 Å². The molecule has 7 heteroatoms. The van der Waals surface area contributed by atoms with Gasteiger partial charge in [-0.15, -0.1) is 11.3 Å². The minimum Gasteiger partial charge on any atom is -0.351 e. The van der Waals surface area contributed by atoms with Crippen LogP contribution < -0.4 is 20.4 Å². The van der Waals surface area contributed by atoms with E-state index in [4.69, 9.17) is 0 Å². The summed E-state index contributed by atoms with van der Waals surface area (Å²) in [6, 6.07) is 12.1. The summed E-state index contributed by atoms with van der Waals surface area (Å²) in [5.41, 5.74) is 2.08. The lowest BCUT2D eigenvalue weighted by molar-refractivity contribution is -1.01. The third-order valence-electron chi connectivity index (χ3n) is 5.94. The first-order chi connectivity index (χ1) is 14.6. The van der Waals surface area contributed by atoms with Crippen LogP contribution in [0.5, 0.6) is 0 Å². The number of hydrogen-bond donors (Lipinski definition) is 4. The van der Waals surface area contributed by atoms with Gasteiger partial charge in [-0.05, 0) is 42.8 Å². The van der Waals surface area contributed by atoms with Gasteiger partial charge in [0.2, 0.25) is 0 Å². The first kappa shape index (κ1) is 22.5. The minimum absolute atomic E-state index is 0.0554. The van der Waals surface area contributed by atoms with Crippen molar-refractivity contribution in [1.82, 2.24) is 5.32 Å². The Morgan fingerprint density at radius 2 is 1.87 bits per heavy atom. The molecule has 1 aromatic carbocycles. The second-order valence-electron chi connectivity index (χ2n) is 7.99. The van der Waals surface area contributed by atoms with E-state index in [1.807, 2.05) is 31.2 Å². The molecule has 1 aliphatic rings. The number of carbonyl (C=O) groups excluding carboxylic acids is 2. The van der Waals surface area contributed by atoms with Crippen LogP contribution in [0.4, 0.5) is 5.69 Å². The van der Waals surface area contributed by atoms with E-state index in [2.05, 4.69) is 35.1 Å². The van der Waals surface area contributed by atoms with Crippen molar-refractivity contribution in [2.24, 2.45) is 0 Å². The van der Waals surface area contributed by atoms with Crippen LogP contribution in [-0.4, -0.2) is 57.1 Å². The fourth-order valence-corrected chi connectivity index (χ4v) is 4.72. The second-order valence-corrected chi connectivity index (χ2v) is 9.02. The third-order valence-corrected chi connectivity index (χ3v) is 6.87. The summed E-state index contributed by atoms with van der Waals surface area (Å²) in [5.74, 6) is 0.188. The molecular formula is C23H34N4O2S+2. The van der Waals surface area contributed by atoms with E-state index in [0.717, 1.165) is 50.3 Å². The Morgan fingerprint density at radius 3 is 2.57 bits per heavy atom. The molecule has 30 heavy (non-hydrogen) atoms. The van der Waals surface area contributed by atoms with Gasteiger partial charge in [0.15, 0.2) is 12.6 Å². The monoisotopic (exact) mass is 430 g/mol. The predicted molar refractivity (Wildman–Crippen MR) is 121 cm³/mol. The summed E-state index contributed by atoms with van der Waals surface area (Å²) in [5, 5.41) is 8.21. The zero-order valence-electron chi connectivity index (χ0n) is 18.0. The van der Waals surface area contributed by atoms with Crippen LogP contribution >= 0.6 is 11.3 Å². The molecule has 2 amide bonds. The highest BCUT2D eigenvalue weighted by molar-refractivity contribution is 7.09. The summed E-state index contributed by atoms with van der Waals surface area (Å²) >= 11 is 1.73. The lowest BCUT2D eigenvalue weighted by Crippen LogP contribution is -3.30. The van der Waals surface area contributed by atoms with Gasteiger partial charge in [0.05, 0.1) is 0 Å². The topological polar surface area (TPSA) is 67.1 Å². The van der Waals surface area contributed by atoms with Gasteiger partial charge in [-0.2, -0.15) is 0 Å². The van der Waals surface area contributed by atoms with Gasteiger partial charge < -0.3 is 20.4 Å². The Balaban J connectivity index is 1.38. The minimum atomic E-state index is -0.0554. The highest BCUT2D eigenvalue weighted by Crippen LogP contribution is 2.14. The predicted octanol–water partition coefficient (Wildman–Crippen LogP) is -0.220. The molecule has 0 radical (unpaired) electrons. The molecule has 162 valence electrons. The van der Waals surface area contributed by atoms with Crippen molar-refractivity contribution in [3.63, 3.8) is 0 Å². The molecule has 1 aromatic heterocycles. The molecule has 0 aliphatic carbocycles. The number of hydrogen-bond acceptors (Lipinski definition) is 3. The number of anilines is 1. The first-order valence-corrected chi connectivity index (χ1v) is 11.8. The van der Waals surface area contributed by atoms with E-state index < -0.39 is 0 Å². The first-order valence-electron chi connectivity index (χ1n) is 10.9. The van der Waals surface area contributed by atoms with Crippen molar-refractivity contribution in [3.05, 3.63) is 52.2 Å². The van der Waals surface area contributed by atoms with Crippen LogP contribution in [0.2, 0.25) is 0 Å². The second kappa shape index (κ2) is 11.2. The summed E-state index contributed by atoms with van der Waals surface area (Å²) < 4.78 is 0. The summed E-state index contributed by atoms with van der Waals surface area (Å²) in [7, 11) is 0. The van der Waals surface area contributed by atoms with E-state index in [1.165, 1.54) is 14.7 Å². The number of para-hydroxylation sites is 1. The molecular weight excluding hydrogens is 396 g/mol. The average Bonchev–Trinajstić information content (AvgIpc) is 3.27. The number of nitrogens with one attached hydrogen (secondary N) is 4. The number of rotatable bonds is 9. The number of amides is 2. The number of piperazine rings is 1. The molecule has 1 fully saturated rings. The van der Waals surface area contributed by atoms with Crippen LogP contribution in [0, 0.1) is 0 Å². The van der Waals surface area contributed by atoms with Crippen LogP contribution in [0.15, 0.2) is 41.8 Å². The lowest BCUT2D eigenvalue weighted by atomic mass is 10.1. The number of quaternary nitrogens is 2. The number of thiophene rings is 1. The maximum Gasteiger partial charge on any atom is 0.279 e. The Bertz CT molecular complexity index is 816. The quantitative estimate of drug-likeness (QED) is 0.444. The van der Waals surface area contributed by atoms with E-state index in [0.29, 0.717) is 13.1 Å². The van der Waals surface area contributed by atoms with Gasteiger partial charge in [-0.1, -0.05) is 31.2 Å². The Kier molecular flexibility index (Phi) is 8.42. The Labute approximate surface area is 183 Å². The van der Waals surface area contributed by atoms with Gasteiger partial charge >= 0.3 is 0 Å². The van der Waals surface area contributed by atoms with Crippen molar-refractivity contribution >= 4 is 28.8 Å². The molecule has 4 N–H and O–H groups in total. The van der Waals surface area contributed by atoms with Crippen LogP contribution in [-0.2, 0) is 22.4 Å². The van der Waals surface area contributed by atoms with Gasteiger partial charge in [0, 0.05) is 17.1 Å². The lowest BCUT2D eigenvalue weighted by Gasteiger charge is -2.32. The molecule has 3 rings (SSSR count). The molecule has 6 nitrogen and oxygen atoms in total. The van der Waals surface area contributed by atoms with E-state index in [1.54, 1.807) is 11.3 Å². The zero-order chi connectivity index (χ0) is 21.3. The highest BCUT2D eigenvalue weighted by atomic mass is 32.1. The fraction of sp³-hybridized carbons (Fsp3) is 0.478. The standard InChI is InChI=1S/C23H32N4O2S/c1-3-19-7-4-5-9-21(19)25-22(28)17-26-12-14-27(15-13-26)18(2)23(29)24-11-10-20-8-6-16-30-20/h4-9,16,18H,3,10-15,17H2,1-2H3,(H,24,29)(H,25,28)/p+2/t18-/m1/s1. The molecule has 0 unspecified atom stereocenters. The third kappa shape index (κ3) is 6.39. The Hall–Kier alpha value is -2.22. The van der Waals surface area contributed by atoms with E-state index in [9.17, 15) is 9.59 Å². The molecule has 2 aromatic rings. The van der Waals surface area contributed by atoms with Crippen molar-refractivity contribution in [1.29, 1.82) is 0 Å². The van der Waals surface area contributed by atoms with Crippen molar-refractivity contribution in [2.75, 3.05) is 44.6 Å². The van der Waals surface area contributed by atoms with Crippen LogP contribution in [0.25, 0.3) is 0 Å². The number of aryl methyl sites for hydroxylation is 1. The van der Waals surface area contributed by atoms with Crippen molar-refractivity contribution < 1.29 is 19.4 Å². The maximum absolute atomic E-state index is 12.5. The molecule has 0 saturated carbocycles. The number of carbonyl (C=O) groups is 2. The van der Waals surface area contributed by atoms with Crippen LogP contribution in [0.3, 0.4) is 0 Å². The summed E-state index contributed by atoms with van der Waals surface area (Å²) in [6.45, 7) is 8.91. The largest absolute Gasteiger partial charge is 0.351 e. The Morgan fingerprint density at radius 1 is 1.10 bits per heavy atom. The molecule has 2 heterocycles. The SMILES string of the molecule is CCc1ccccc1NC(=O)C[NH+]1CC[NH+]([C@H](C)C(=O)NCCc2cccs2)CC1. The highest BCUT2D eigenvalue weighted by Gasteiger charge is 2.31. The van der Waals surface area contributed by atoms with E-state index in [-0.39, 0.29) is 17.9 Å². The van der Waals surface area contributed by atoms with Crippen molar-refractivity contribution in [3.8, 4) is 0 Å². The summed E-state index contributed by atoms with van der Waals surface area (Å²) in [4.78, 5) is 28.9. The number of benzene rings is 1. The molecule has 1 atom stereocenters. The molecule has 0 bridgehead atoms. The van der Waals surface area contributed by atoms with Gasteiger partial charge in [-0.3, -0.25) is 9.59 Å². The molecule has 1 saturated heterocycles. The van der Waals surface area contributed by atoms with Crippen molar-refractivity contribution in [2.45, 2.75) is 32.7 Å². The van der Waals surface area contributed by atoms with E-state index >= 15 is 0 Å². The summed E-state index contributed by atoms with van der Waals surface area (Å²) in [6.07, 6.45) is 1.79. The molecule has 0 spiro atoms. The zero-order valence-corrected chi connectivity index (χ0v) is 18.8. The van der Waals surface area contributed by atoms with Gasteiger partial charge in [-0.25, -0.2) is 0 Å². The molecule has 1 aliphatic heterocycles. The maximum atomic E-state index is 12.5. The van der Waals surface area contributed by atoms with Gasteiger partial charge in [0.1, 0.15) is 26.2 Å². The van der Waals surface area contributed by atoms with Crippen LogP contribution in [0.1, 0.15) is 24.3 Å². The normalized spacial score (nSPS) is 19.8. The smallest absolute Gasteiger partial charge is 0.279 e. The fourth-order valence-electron chi connectivity index (χ4n) is 4.01. The average molecular weight is 431 g/mol.